The number of rotatable bonds is 7. The lowest BCUT2D eigenvalue weighted by Gasteiger charge is -2.26. The Hall–Kier alpha value is -4.01. The molecule has 8 heteroatoms. The number of amides is 2. The van der Waals surface area contributed by atoms with Gasteiger partial charge in [-0.3, -0.25) is 4.79 Å². The molecule has 0 saturated carbocycles. The molecule has 202 valence electrons. The van der Waals surface area contributed by atoms with Crippen LogP contribution in [-0.2, 0) is 22.5 Å². The Labute approximate surface area is 241 Å². The second-order valence-corrected chi connectivity index (χ2v) is 11.8. The fraction of sp³-hybridized carbons (Fsp3) is 0.219. The monoisotopic (exact) mass is 567 g/mol. The number of nitrogens with one attached hydrogen (secondary N) is 1. The maximum Gasteiger partial charge on any atom is 0.410 e. The zero-order valence-electron chi connectivity index (χ0n) is 22.1. The zero-order valence-corrected chi connectivity index (χ0v) is 23.8. The first-order valence-electron chi connectivity index (χ1n) is 13.4. The van der Waals surface area contributed by atoms with Crippen LogP contribution in [0, 0.1) is 0 Å². The summed E-state index contributed by atoms with van der Waals surface area (Å²) in [5.74, 6) is -0.122. The normalized spacial score (nSPS) is 12.9. The van der Waals surface area contributed by atoms with Crippen molar-refractivity contribution in [2.75, 3.05) is 18.5 Å². The number of fused-ring (bicyclic) bond motifs is 2. The minimum atomic E-state index is -0.303. The average Bonchev–Trinajstić information content (AvgIpc) is 3.57. The number of benzene rings is 3. The molecule has 0 fully saturated rings. The number of aromatic nitrogens is 1. The van der Waals surface area contributed by atoms with E-state index < -0.39 is 0 Å². The third kappa shape index (κ3) is 5.37. The van der Waals surface area contributed by atoms with E-state index in [0.717, 1.165) is 47.4 Å². The first-order chi connectivity index (χ1) is 19.6. The highest BCUT2D eigenvalue weighted by Crippen LogP contribution is 2.46. The molecule has 1 N–H and O–H groups in total. The Balaban J connectivity index is 1.34. The van der Waals surface area contributed by atoms with Crippen molar-refractivity contribution in [2.24, 2.45) is 0 Å². The quantitative estimate of drug-likeness (QED) is 0.219. The van der Waals surface area contributed by atoms with Crippen LogP contribution < -0.4 is 5.32 Å². The summed E-state index contributed by atoms with van der Waals surface area (Å²) in [6.07, 6.45) is 0.690. The van der Waals surface area contributed by atoms with E-state index in [2.05, 4.69) is 35.6 Å². The van der Waals surface area contributed by atoms with Gasteiger partial charge in [0, 0.05) is 29.3 Å². The van der Waals surface area contributed by atoms with E-state index in [4.69, 9.17) is 9.72 Å². The minimum Gasteiger partial charge on any atom is -0.450 e. The van der Waals surface area contributed by atoms with Crippen molar-refractivity contribution in [3.05, 3.63) is 106 Å². The van der Waals surface area contributed by atoms with Crippen LogP contribution in [0.2, 0.25) is 0 Å². The van der Waals surface area contributed by atoms with E-state index in [0.29, 0.717) is 32.5 Å². The van der Waals surface area contributed by atoms with Crippen molar-refractivity contribution in [1.29, 1.82) is 0 Å². The number of hydrogen-bond donors (Lipinski definition) is 1. The van der Waals surface area contributed by atoms with Crippen LogP contribution in [0.25, 0.3) is 20.8 Å². The van der Waals surface area contributed by atoms with E-state index in [1.807, 2.05) is 61.5 Å². The molecule has 3 aromatic carbocycles. The molecule has 0 spiro atoms. The van der Waals surface area contributed by atoms with E-state index in [-0.39, 0.29) is 17.9 Å². The Kier molecular flexibility index (Phi) is 7.62. The smallest absolute Gasteiger partial charge is 0.410 e. The van der Waals surface area contributed by atoms with Crippen LogP contribution in [0.1, 0.15) is 40.8 Å². The lowest BCUT2D eigenvalue weighted by Crippen LogP contribution is -2.35. The minimum absolute atomic E-state index is 0.0547. The second kappa shape index (κ2) is 11.6. The van der Waals surface area contributed by atoms with Crippen molar-refractivity contribution >= 4 is 49.9 Å². The van der Waals surface area contributed by atoms with Gasteiger partial charge >= 0.3 is 6.09 Å². The number of ether oxygens (including phenoxy) is 1. The lowest BCUT2D eigenvalue weighted by molar-refractivity contribution is -0.116. The topological polar surface area (TPSA) is 71.5 Å². The SMILES string of the molecule is CCOC(=O)N1CCc2c(sc(NC(=O)CC(c3ccccc3)c3ccccc3)c2-c2nc3ccccc3s2)C1. The number of thiazole rings is 1. The molecule has 2 aromatic heterocycles. The Morgan fingerprint density at radius 2 is 1.62 bits per heavy atom. The first kappa shape index (κ1) is 26.2. The summed E-state index contributed by atoms with van der Waals surface area (Å²) < 4.78 is 6.37. The third-order valence-electron chi connectivity index (χ3n) is 7.14. The number of thiophene rings is 1. The number of nitrogens with zero attached hydrogens (tertiary/aromatic N) is 2. The summed E-state index contributed by atoms with van der Waals surface area (Å²) in [5, 5.41) is 4.94. The highest BCUT2D eigenvalue weighted by atomic mass is 32.1. The molecule has 5 aromatic rings. The second-order valence-electron chi connectivity index (χ2n) is 9.69. The summed E-state index contributed by atoms with van der Waals surface area (Å²) in [4.78, 5) is 33.9. The van der Waals surface area contributed by atoms with Crippen LogP contribution in [0.4, 0.5) is 9.80 Å². The van der Waals surface area contributed by atoms with Gasteiger partial charge in [-0.25, -0.2) is 9.78 Å². The molecule has 0 unspecified atom stereocenters. The predicted octanol–water partition coefficient (Wildman–Crippen LogP) is 7.70. The summed E-state index contributed by atoms with van der Waals surface area (Å²) in [6, 6.07) is 28.4. The molecule has 0 saturated heterocycles. The zero-order chi connectivity index (χ0) is 27.5. The van der Waals surface area contributed by atoms with Gasteiger partial charge in [0.25, 0.3) is 0 Å². The summed E-state index contributed by atoms with van der Waals surface area (Å²) in [6.45, 7) is 3.19. The Morgan fingerprint density at radius 3 is 2.30 bits per heavy atom. The highest BCUT2D eigenvalue weighted by Gasteiger charge is 2.30. The van der Waals surface area contributed by atoms with E-state index in [1.165, 1.54) is 11.3 Å². The first-order valence-corrected chi connectivity index (χ1v) is 15.1. The molecular formula is C32H29N3O3S2. The summed E-state index contributed by atoms with van der Waals surface area (Å²) in [5.41, 5.74) is 5.28. The van der Waals surface area contributed by atoms with Gasteiger partial charge in [-0.2, -0.15) is 0 Å². The van der Waals surface area contributed by atoms with Crippen molar-refractivity contribution in [1.82, 2.24) is 9.88 Å². The predicted molar refractivity (Wildman–Crippen MR) is 162 cm³/mol. The Morgan fingerprint density at radius 1 is 0.950 bits per heavy atom. The number of carbonyl (C=O) groups excluding carboxylic acids is 2. The molecule has 3 heterocycles. The molecule has 6 nitrogen and oxygen atoms in total. The van der Waals surface area contributed by atoms with Crippen molar-refractivity contribution in [2.45, 2.75) is 32.2 Å². The van der Waals surface area contributed by atoms with Crippen LogP contribution in [-0.4, -0.2) is 35.0 Å². The number of para-hydroxylation sites is 1. The molecule has 6 rings (SSSR count). The van der Waals surface area contributed by atoms with Crippen LogP contribution in [0.5, 0.6) is 0 Å². The molecule has 0 bridgehead atoms. The summed E-state index contributed by atoms with van der Waals surface area (Å²) in [7, 11) is 0. The van der Waals surface area contributed by atoms with Gasteiger partial charge in [-0.1, -0.05) is 72.8 Å². The fourth-order valence-electron chi connectivity index (χ4n) is 5.23. The van der Waals surface area contributed by atoms with Gasteiger partial charge in [0.15, 0.2) is 0 Å². The number of hydrogen-bond acceptors (Lipinski definition) is 6. The van der Waals surface area contributed by atoms with Gasteiger partial charge < -0.3 is 15.0 Å². The average molecular weight is 568 g/mol. The summed E-state index contributed by atoms with van der Waals surface area (Å²) >= 11 is 3.17. The maximum atomic E-state index is 13.7. The van der Waals surface area contributed by atoms with Crippen molar-refractivity contribution in [3.8, 4) is 10.6 Å². The molecule has 1 aliphatic heterocycles. The van der Waals surface area contributed by atoms with Crippen LogP contribution >= 0.6 is 22.7 Å². The van der Waals surface area contributed by atoms with Crippen molar-refractivity contribution < 1.29 is 14.3 Å². The molecule has 0 radical (unpaired) electrons. The standard InChI is InChI=1S/C32H29N3O3S2/c1-2-38-32(37)35-18-17-23-27(20-35)40-31(29(23)30-33-25-15-9-10-16-26(25)39-30)34-28(36)19-24(21-11-5-3-6-12-21)22-13-7-4-8-14-22/h3-16,24H,2,17-20H2,1H3,(H,34,36). The fourth-order valence-corrected chi connectivity index (χ4v) is 7.62. The number of carbonyl (C=O) groups is 2. The van der Waals surface area contributed by atoms with Crippen LogP contribution in [0.15, 0.2) is 84.9 Å². The number of anilines is 1. The molecule has 0 aliphatic carbocycles. The van der Waals surface area contributed by atoms with Gasteiger partial charge in [0.2, 0.25) is 5.91 Å². The molecule has 40 heavy (non-hydrogen) atoms. The largest absolute Gasteiger partial charge is 0.450 e. The lowest BCUT2D eigenvalue weighted by atomic mass is 9.88. The molecule has 2 amide bonds. The molecule has 0 atom stereocenters. The van der Waals surface area contributed by atoms with E-state index in [9.17, 15) is 9.59 Å². The van der Waals surface area contributed by atoms with E-state index >= 15 is 0 Å². The van der Waals surface area contributed by atoms with Gasteiger partial charge in [0.1, 0.15) is 10.0 Å². The Bertz CT molecular complexity index is 1570. The van der Waals surface area contributed by atoms with Gasteiger partial charge in [0.05, 0.1) is 23.4 Å². The van der Waals surface area contributed by atoms with Crippen LogP contribution in [0.3, 0.4) is 0 Å². The van der Waals surface area contributed by atoms with E-state index in [1.54, 1.807) is 16.2 Å². The molecule has 1 aliphatic rings. The maximum absolute atomic E-state index is 13.7. The third-order valence-corrected chi connectivity index (χ3v) is 9.32. The van der Waals surface area contributed by atoms with Crippen molar-refractivity contribution in [3.63, 3.8) is 0 Å². The highest BCUT2D eigenvalue weighted by molar-refractivity contribution is 7.22. The van der Waals surface area contributed by atoms with Gasteiger partial charge in [-0.15, -0.1) is 22.7 Å². The van der Waals surface area contributed by atoms with Gasteiger partial charge in [-0.05, 0) is 42.2 Å². The molecular weight excluding hydrogens is 539 g/mol.